The summed E-state index contributed by atoms with van der Waals surface area (Å²) in [4.78, 5) is 21.5. The largest absolute Gasteiger partial charge is 0.469 e. The third kappa shape index (κ3) is 3.78. The number of carbonyl (C=O) groups is 1. The molecule has 1 aromatic carbocycles. The Labute approximate surface area is 122 Å². The summed E-state index contributed by atoms with van der Waals surface area (Å²) in [5.74, 6) is -0.130. The summed E-state index contributed by atoms with van der Waals surface area (Å²) in [7, 11) is 1.31. The molecule has 0 aliphatic heterocycles. The van der Waals surface area contributed by atoms with Gasteiger partial charge in [-0.2, -0.15) is 0 Å². The lowest BCUT2D eigenvalue weighted by molar-refractivity contribution is -0.384. The van der Waals surface area contributed by atoms with Gasteiger partial charge in [-0.15, -0.1) is 0 Å². The monoisotopic (exact) mass is 293 g/mol. The van der Waals surface area contributed by atoms with E-state index in [4.69, 9.17) is 0 Å². The maximum atomic E-state index is 11.3. The van der Waals surface area contributed by atoms with Crippen LogP contribution in [-0.2, 0) is 9.53 Å². The number of aliphatic hydroxyl groups is 1. The van der Waals surface area contributed by atoms with Crippen molar-refractivity contribution < 1.29 is 19.6 Å². The highest BCUT2D eigenvalue weighted by atomic mass is 16.6. The van der Waals surface area contributed by atoms with E-state index in [2.05, 4.69) is 4.74 Å². The first-order valence-electron chi connectivity index (χ1n) is 6.97. The Morgan fingerprint density at radius 1 is 1.38 bits per heavy atom. The van der Waals surface area contributed by atoms with Crippen LogP contribution in [0, 0.1) is 10.1 Å². The summed E-state index contributed by atoms with van der Waals surface area (Å²) >= 11 is 0. The Balaban J connectivity index is 1.97. The van der Waals surface area contributed by atoms with Crippen LogP contribution in [0.2, 0.25) is 0 Å². The molecule has 1 aliphatic rings. The van der Waals surface area contributed by atoms with Gasteiger partial charge in [0.05, 0.1) is 24.1 Å². The van der Waals surface area contributed by atoms with Gasteiger partial charge in [-0.25, -0.2) is 0 Å². The van der Waals surface area contributed by atoms with Crippen LogP contribution in [0.3, 0.4) is 0 Å². The topological polar surface area (TPSA) is 89.7 Å². The maximum absolute atomic E-state index is 11.3. The summed E-state index contributed by atoms with van der Waals surface area (Å²) in [6.07, 6.45) is 2.60. The fourth-order valence-corrected chi connectivity index (χ4v) is 2.87. The van der Waals surface area contributed by atoms with Gasteiger partial charge in [-0.1, -0.05) is 12.1 Å². The van der Waals surface area contributed by atoms with Crippen LogP contribution < -0.4 is 0 Å². The van der Waals surface area contributed by atoms with Crippen molar-refractivity contribution in [1.29, 1.82) is 0 Å². The lowest BCUT2D eigenvalue weighted by Gasteiger charge is -2.35. The van der Waals surface area contributed by atoms with Crippen LogP contribution >= 0.6 is 0 Å². The Hall–Kier alpha value is -1.95. The molecule has 0 unspecified atom stereocenters. The summed E-state index contributed by atoms with van der Waals surface area (Å²) in [5.41, 5.74) is 0.141. The average Bonchev–Trinajstić information content (AvgIpc) is 2.47. The molecule has 0 atom stereocenters. The van der Waals surface area contributed by atoms with E-state index < -0.39 is 16.5 Å². The van der Waals surface area contributed by atoms with Gasteiger partial charge < -0.3 is 9.84 Å². The number of rotatable bonds is 4. The van der Waals surface area contributed by atoms with Crippen molar-refractivity contribution in [3.8, 4) is 0 Å². The number of benzene rings is 1. The van der Waals surface area contributed by atoms with Gasteiger partial charge in [0.25, 0.3) is 5.69 Å². The fourth-order valence-electron chi connectivity index (χ4n) is 2.87. The minimum atomic E-state index is -0.982. The highest BCUT2D eigenvalue weighted by Gasteiger charge is 2.36. The lowest BCUT2D eigenvalue weighted by atomic mass is 9.75. The summed E-state index contributed by atoms with van der Waals surface area (Å²) in [5, 5.41) is 21.0. The van der Waals surface area contributed by atoms with Crippen molar-refractivity contribution in [3.63, 3.8) is 0 Å². The molecule has 0 aromatic heterocycles. The zero-order valence-corrected chi connectivity index (χ0v) is 11.9. The van der Waals surface area contributed by atoms with E-state index in [0.717, 1.165) is 18.4 Å². The molecular formula is C15H19NO5. The van der Waals surface area contributed by atoms with E-state index in [1.54, 1.807) is 12.1 Å². The van der Waals surface area contributed by atoms with Crippen LogP contribution in [-0.4, -0.2) is 28.7 Å². The standard InChI is InChI=1S/C15H19NO5/c1-21-14(17)10-15(18)8-6-12(7-9-15)11-2-4-13(5-3-11)16(19)20/h2-5,12,18H,6-10H2,1H3. The average molecular weight is 293 g/mol. The SMILES string of the molecule is COC(=O)CC1(O)CCC(c2ccc([N+](=O)[O-])cc2)CC1. The van der Waals surface area contributed by atoms with E-state index in [1.165, 1.54) is 19.2 Å². The number of esters is 1. The number of nitro groups is 1. The van der Waals surface area contributed by atoms with Crippen LogP contribution in [0.25, 0.3) is 0 Å². The number of ether oxygens (including phenoxy) is 1. The Bertz CT molecular complexity index is 517. The van der Waals surface area contributed by atoms with Crippen LogP contribution in [0.15, 0.2) is 24.3 Å². The van der Waals surface area contributed by atoms with Crippen LogP contribution in [0.5, 0.6) is 0 Å². The maximum Gasteiger partial charge on any atom is 0.308 e. The molecule has 1 saturated carbocycles. The molecule has 1 fully saturated rings. The molecule has 6 nitrogen and oxygen atoms in total. The molecular weight excluding hydrogens is 274 g/mol. The third-order valence-corrected chi connectivity index (χ3v) is 4.19. The predicted molar refractivity (Wildman–Crippen MR) is 75.9 cm³/mol. The van der Waals surface area contributed by atoms with Gasteiger partial charge in [0.1, 0.15) is 0 Å². The van der Waals surface area contributed by atoms with Crippen molar-refractivity contribution in [1.82, 2.24) is 0 Å². The number of nitrogens with zero attached hydrogens (tertiary/aromatic N) is 1. The molecule has 1 aromatic rings. The second-order valence-corrected chi connectivity index (χ2v) is 5.60. The smallest absolute Gasteiger partial charge is 0.308 e. The third-order valence-electron chi connectivity index (χ3n) is 4.19. The summed E-state index contributed by atoms with van der Waals surface area (Å²) in [6.45, 7) is 0. The van der Waals surface area contributed by atoms with Gasteiger partial charge >= 0.3 is 5.97 Å². The molecule has 21 heavy (non-hydrogen) atoms. The quantitative estimate of drug-likeness (QED) is 0.523. The Kier molecular flexibility index (Phi) is 4.57. The van der Waals surface area contributed by atoms with Gasteiger partial charge in [-0.3, -0.25) is 14.9 Å². The van der Waals surface area contributed by atoms with Crippen LogP contribution in [0.1, 0.15) is 43.6 Å². The number of hydrogen-bond acceptors (Lipinski definition) is 5. The van der Waals surface area contributed by atoms with Crippen LogP contribution in [0.4, 0.5) is 5.69 Å². The number of methoxy groups -OCH3 is 1. The molecule has 0 bridgehead atoms. The van der Waals surface area contributed by atoms with Gasteiger partial charge in [0, 0.05) is 12.1 Å². The second-order valence-electron chi connectivity index (χ2n) is 5.60. The van der Waals surface area contributed by atoms with E-state index in [-0.39, 0.29) is 18.0 Å². The molecule has 2 rings (SSSR count). The summed E-state index contributed by atoms with van der Waals surface area (Å²) in [6, 6.07) is 6.55. The van der Waals surface area contributed by atoms with Gasteiger partial charge in [-0.05, 0) is 37.2 Å². The zero-order valence-electron chi connectivity index (χ0n) is 11.9. The van der Waals surface area contributed by atoms with E-state index in [0.29, 0.717) is 12.8 Å². The van der Waals surface area contributed by atoms with E-state index >= 15 is 0 Å². The minimum Gasteiger partial charge on any atom is -0.469 e. The number of non-ortho nitro benzene ring substituents is 1. The highest BCUT2D eigenvalue weighted by molar-refractivity contribution is 5.70. The van der Waals surface area contributed by atoms with Gasteiger partial charge in [0.2, 0.25) is 0 Å². The Morgan fingerprint density at radius 2 is 1.95 bits per heavy atom. The normalized spacial score (nSPS) is 25.3. The molecule has 0 saturated heterocycles. The highest BCUT2D eigenvalue weighted by Crippen LogP contribution is 2.39. The first kappa shape index (κ1) is 15.4. The molecule has 0 amide bonds. The minimum absolute atomic E-state index is 0.0243. The van der Waals surface area contributed by atoms with E-state index in [1.807, 2.05) is 0 Å². The molecule has 1 aliphatic carbocycles. The summed E-state index contributed by atoms with van der Waals surface area (Å²) < 4.78 is 4.60. The zero-order chi connectivity index (χ0) is 15.5. The van der Waals surface area contributed by atoms with Crippen molar-refractivity contribution in [2.45, 2.75) is 43.6 Å². The predicted octanol–water partition coefficient (Wildman–Crippen LogP) is 2.55. The van der Waals surface area contributed by atoms with Crippen molar-refractivity contribution in [2.24, 2.45) is 0 Å². The first-order chi connectivity index (χ1) is 9.93. The molecule has 0 heterocycles. The molecule has 0 spiro atoms. The second kappa shape index (κ2) is 6.22. The Morgan fingerprint density at radius 3 is 2.43 bits per heavy atom. The van der Waals surface area contributed by atoms with E-state index in [9.17, 15) is 20.0 Å². The molecule has 6 heteroatoms. The number of carbonyl (C=O) groups excluding carboxylic acids is 1. The van der Waals surface area contributed by atoms with Crippen molar-refractivity contribution >= 4 is 11.7 Å². The molecule has 1 N–H and O–H groups in total. The van der Waals surface area contributed by atoms with Crippen molar-refractivity contribution in [3.05, 3.63) is 39.9 Å². The lowest BCUT2D eigenvalue weighted by Crippen LogP contribution is -2.36. The molecule has 0 radical (unpaired) electrons. The number of nitro benzene ring substituents is 1. The van der Waals surface area contributed by atoms with Crippen molar-refractivity contribution in [2.75, 3.05) is 7.11 Å². The van der Waals surface area contributed by atoms with Gasteiger partial charge in [0.15, 0.2) is 0 Å². The first-order valence-corrected chi connectivity index (χ1v) is 6.97. The number of hydrogen-bond donors (Lipinski definition) is 1. The molecule has 114 valence electrons. The fraction of sp³-hybridized carbons (Fsp3) is 0.533.